The van der Waals surface area contributed by atoms with Crippen molar-refractivity contribution >= 4 is 5.91 Å². The average Bonchev–Trinajstić information content (AvgIpc) is 3.02. The Morgan fingerprint density at radius 3 is 2.55 bits per heavy atom. The molecule has 4 rings (SSSR count). The van der Waals surface area contributed by atoms with Crippen LogP contribution in [0.25, 0.3) is 5.69 Å². The number of hydrogen-bond acceptors (Lipinski definition) is 3. The lowest BCUT2D eigenvalue weighted by Crippen LogP contribution is -2.39. The molecule has 0 atom stereocenters. The van der Waals surface area contributed by atoms with Gasteiger partial charge in [0, 0.05) is 12.5 Å². The Morgan fingerprint density at radius 1 is 1.13 bits per heavy atom. The summed E-state index contributed by atoms with van der Waals surface area (Å²) in [4.78, 5) is 15.1. The largest absolute Gasteiger partial charge is 0.439 e. The molecule has 3 aromatic rings. The van der Waals surface area contributed by atoms with Crippen LogP contribution in [0.5, 0.6) is 11.6 Å². The SMILES string of the molecule is CCCN(Cc1c(C)nn(-c2ccccc2)c1Oc1cccc(C)c1)C(=O)C1CCC1. The van der Waals surface area contributed by atoms with E-state index in [1.165, 1.54) is 0 Å². The highest BCUT2D eigenvalue weighted by atomic mass is 16.5. The minimum Gasteiger partial charge on any atom is -0.439 e. The molecule has 5 heteroatoms. The molecule has 5 nitrogen and oxygen atoms in total. The van der Waals surface area contributed by atoms with Crippen molar-refractivity contribution in [1.29, 1.82) is 0 Å². The Bertz CT molecular complexity index is 1040. The van der Waals surface area contributed by atoms with Gasteiger partial charge in [-0.2, -0.15) is 5.10 Å². The van der Waals surface area contributed by atoms with Crippen molar-refractivity contribution in [2.75, 3.05) is 6.54 Å². The number of carbonyl (C=O) groups excluding carboxylic acids is 1. The normalized spacial score (nSPS) is 13.6. The van der Waals surface area contributed by atoms with Crippen LogP contribution in [0.15, 0.2) is 54.6 Å². The molecule has 31 heavy (non-hydrogen) atoms. The predicted molar refractivity (Wildman–Crippen MR) is 123 cm³/mol. The van der Waals surface area contributed by atoms with Gasteiger partial charge >= 0.3 is 0 Å². The second-order valence-corrected chi connectivity index (χ2v) is 8.42. The first-order chi connectivity index (χ1) is 15.1. The van der Waals surface area contributed by atoms with Crippen LogP contribution in [-0.4, -0.2) is 27.1 Å². The number of rotatable bonds is 8. The number of nitrogens with zero attached hydrogens (tertiary/aromatic N) is 3. The molecule has 0 spiro atoms. The van der Waals surface area contributed by atoms with Crippen LogP contribution in [0.4, 0.5) is 0 Å². The van der Waals surface area contributed by atoms with Crippen molar-refractivity contribution in [1.82, 2.24) is 14.7 Å². The fourth-order valence-electron chi connectivity index (χ4n) is 4.00. The number of aryl methyl sites for hydroxylation is 2. The fourth-order valence-corrected chi connectivity index (χ4v) is 4.00. The highest BCUT2D eigenvalue weighted by molar-refractivity contribution is 5.79. The molecule has 1 saturated carbocycles. The van der Waals surface area contributed by atoms with Gasteiger partial charge in [0.15, 0.2) is 0 Å². The second-order valence-electron chi connectivity index (χ2n) is 8.42. The standard InChI is InChI=1S/C26H31N3O2/c1-4-16-28(25(30)21-11-9-12-21)18-24-20(3)27-29(22-13-6-5-7-14-22)26(24)31-23-15-8-10-19(2)17-23/h5-8,10,13-15,17,21H,4,9,11-12,16,18H2,1-3H3. The topological polar surface area (TPSA) is 47.4 Å². The van der Waals surface area contributed by atoms with E-state index in [0.717, 1.165) is 60.5 Å². The zero-order chi connectivity index (χ0) is 21.8. The van der Waals surface area contributed by atoms with Gasteiger partial charge in [-0.15, -0.1) is 0 Å². The summed E-state index contributed by atoms with van der Waals surface area (Å²) in [6, 6.07) is 18.0. The molecule has 2 aromatic carbocycles. The highest BCUT2D eigenvalue weighted by Crippen LogP contribution is 2.34. The van der Waals surface area contributed by atoms with E-state index in [9.17, 15) is 4.79 Å². The summed E-state index contributed by atoms with van der Waals surface area (Å²) >= 11 is 0. The lowest BCUT2D eigenvalue weighted by atomic mass is 9.84. The first-order valence-electron chi connectivity index (χ1n) is 11.2. The molecule has 0 radical (unpaired) electrons. The monoisotopic (exact) mass is 417 g/mol. The van der Waals surface area contributed by atoms with Crippen LogP contribution in [0.2, 0.25) is 0 Å². The maximum atomic E-state index is 13.1. The van der Waals surface area contributed by atoms with E-state index >= 15 is 0 Å². The molecule has 0 N–H and O–H groups in total. The van der Waals surface area contributed by atoms with Crippen molar-refractivity contribution in [3.05, 3.63) is 71.4 Å². The van der Waals surface area contributed by atoms with Gasteiger partial charge in [-0.25, -0.2) is 4.68 Å². The highest BCUT2D eigenvalue weighted by Gasteiger charge is 2.31. The minimum absolute atomic E-state index is 0.178. The van der Waals surface area contributed by atoms with Gasteiger partial charge in [0.2, 0.25) is 11.8 Å². The van der Waals surface area contributed by atoms with Crippen molar-refractivity contribution < 1.29 is 9.53 Å². The van der Waals surface area contributed by atoms with Gasteiger partial charge in [-0.3, -0.25) is 4.79 Å². The summed E-state index contributed by atoms with van der Waals surface area (Å²) in [7, 11) is 0. The van der Waals surface area contributed by atoms with Crippen molar-refractivity contribution in [3.63, 3.8) is 0 Å². The van der Waals surface area contributed by atoms with Gasteiger partial charge in [0.25, 0.3) is 0 Å². The van der Waals surface area contributed by atoms with Crippen LogP contribution < -0.4 is 4.74 Å². The molecule has 0 aliphatic heterocycles. The summed E-state index contributed by atoms with van der Waals surface area (Å²) in [6.45, 7) is 7.42. The zero-order valence-electron chi connectivity index (χ0n) is 18.7. The molecule has 162 valence electrons. The van der Waals surface area contributed by atoms with E-state index in [1.54, 1.807) is 0 Å². The molecular weight excluding hydrogens is 386 g/mol. The average molecular weight is 418 g/mol. The Hall–Kier alpha value is -3.08. The smallest absolute Gasteiger partial charge is 0.227 e. The Morgan fingerprint density at radius 2 is 1.90 bits per heavy atom. The number of para-hydroxylation sites is 1. The van der Waals surface area contributed by atoms with Crippen molar-refractivity contribution in [3.8, 4) is 17.3 Å². The first-order valence-corrected chi connectivity index (χ1v) is 11.2. The van der Waals surface area contributed by atoms with Crippen molar-refractivity contribution in [2.45, 2.75) is 53.0 Å². The van der Waals surface area contributed by atoms with E-state index in [1.807, 2.05) is 78.0 Å². The third-order valence-electron chi connectivity index (χ3n) is 5.95. The van der Waals surface area contributed by atoms with Gasteiger partial charge in [-0.05, 0) is 62.9 Å². The molecule has 1 aliphatic carbocycles. The van der Waals surface area contributed by atoms with E-state index in [-0.39, 0.29) is 11.8 Å². The Labute approximate surface area is 184 Å². The number of hydrogen-bond donors (Lipinski definition) is 0. The zero-order valence-corrected chi connectivity index (χ0v) is 18.7. The van der Waals surface area contributed by atoms with Gasteiger partial charge < -0.3 is 9.64 Å². The Kier molecular flexibility index (Phi) is 6.40. The number of ether oxygens (including phenoxy) is 1. The Balaban J connectivity index is 1.73. The van der Waals surface area contributed by atoms with E-state index in [4.69, 9.17) is 9.84 Å². The summed E-state index contributed by atoms with van der Waals surface area (Å²) < 4.78 is 8.27. The molecule has 0 saturated heterocycles. The number of amides is 1. The van der Waals surface area contributed by atoms with Gasteiger partial charge in [0.05, 0.1) is 23.5 Å². The third kappa shape index (κ3) is 4.66. The molecule has 1 aliphatic rings. The quantitative estimate of drug-likeness (QED) is 0.464. The molecule has 0 unspecified atom stereocenters. The molecule has 1 amide bonds. The van der Waals surface area contributed by atoms with E-state index in [2.05, 4.69) is 6.92 Å². The minimum atomic E-state index is 0.178. The number of aromatic nitrogens is 2. The van der Waals surface area contributed by atoms with Gasteiger partial charge in [0.1, 0.15) is 5.75 Å². The number of carbonyl (C=O) groups is 1. The van der Waals surface area contributed by atoms with Crippen LogP contribution in [0.3, 0.4) is 0 Å². The molecule has 1 fully saturated rings. The van der Waals surface area contributed by atoms with E-state index < -0.39 is 0 Å². The molecule has 1 aromatic heterocycles. The molecule has 0 bridgehead atoms. The van der Waals surface area contributed by atoms with Crippen LogP contribution in [-0.2, 0) is 11.3 Å². The summed E-state index contributed by atoms with van der Waals surface area (Å²) in [5.41, 5.74) is 3.92. The maximum absolute atomic E-state index is 13.1. The first kappa shape index (κ1) is 21.2. The second kappa shape index (κ2) is 9.38. The lowest BCUT2D eigenvalue weighted by Gasteiger charge is -2.31. The summed E-state index contributed by atoms with van der Waals surface area (Å²) in [5, 5.41) is 4.80. The van der Waals surface area contributed by atoms with Crippen LogP contribution in [0, 0.1) is 19.8 Å². The van der Waals surface area contributed by atoms with Gasteiger partial charge in [-0.1, -0.05) is 43.7 Å². The lowest BCUT2D eigenvalue weighted by molar-refractivity contribution is -0.138. The summed E-state index contributed by atoms with van der Waals surface area (Å²) in [6.07, 6.45) is 4.10. The molecular formula is C26H31N3O2. The molecule has 1 heterocycles. The van der Waals surface area contributed by atoms with Crippen LogP contribution in [0.1, 0.15) is 49.4 Å². The maximum Gasteiger partial charge on any atom is 0.227 e. The number of benzene rings is 2. The van der Waals surface area contributed by atoms with Crippen LogP contribution >= 0.6 is 0 Å². The van der Waals surface area contributed by atoms with Crippen molar-refractivity contribution in [2.24, 2.45) is 5.92 Å². The summed E-state index contributed by atoms with van der Waals surface area (Å²) in [5.74, 6) is 1.89. The van der Waals surface area contributed by atoms with E-state index in [0.29, 0.717) is 12.4 Å². The third-order valence-corrected chi connectivity index (χ3v) is 5.95. The predicted octanol–water partition coefficient (Wildman–Crippen LogP) is 5.82. The fraction of sp³-hybridized carbons (Fsp3) is 0.385.